The van der Waals surface area contributed by atoms with Crippen LogP contribution in [0.15, 0.2) is 18.7 Å². The summed E-state index contributed by atoms with van der Waals surface area (Å²) in [6.07, 6.45) is 0.706. The van der Waals surface area contributed by atoms with Crippen molar-refractivity contribution in [2.45, 2.75) is 11.6 Å². The summed E-state index contributed by atoms with van der Waals surface area (Å²) >= 11 is 0. The summed E-state index contributed by atoms with van der Waals surface area (Å²) in [7, 11) is -11.6. The second-order valence-electron chi connectivity index (χ2n) is 2.92. The first-order valence-electron chi connectivity index (χ1n) is 3.83. The van der Waals surface area contributed by atoms with Crippen molar-refractivity contribution in [1.82, 2.24) is 9.55 Å². The number of hydrogen-bond acceptors (Lipinski definition) is 8. The molecular weight excluding hydrogens is 318 g/mol. The number of hydrogen-bond donors (Lipinski definition) is 1. The first kappa shape index (κ1) is 17.0. The van der Waals surface area contributed by atoms with Gasteiger partial charge < -0.3 is 38.4 Å². The molecule has 0 aliphatic rings. The van der Waals surface area contributed by atoms with Gasteiger partial charge in [-0.05, 0) is 0 Å². The Kier molecular flexibility index (Phi) is 5.75. The Bertz CT molecular complexity index is 417. The average molecular weight is 324 g/mol. The van der Waals surface area contributed by atoms with E-state index in [0.717, 1.165) is 18.7 Å². The third-order valence-corrected chi connectivity index (χ3v) is 5.27. The Balaban J connectivity index is 0.00000256. The number of aliphatic hydroxyl groups is 1. The molecule has 1 unspecified atom stereocenters. The molecule has 1 atom stereocenters. The van der Waals surface area contributed by atoms with Crippen molar-refractivity contribution in [3.05, 3.63) is 18.7 Å². The van der Waals surface area contributed by atoms with Gasteiger partial charge in [-0.15, -0.1) is 0 Å². The maximum atomic E-state index is 10.6. The van der Waals surface area contributed by atoms with Crippen LogP contribution in [0, 0.1) is 0 Å². The van der Waals surface area contributed by atoms with E-state index in [1.54, 1.807) is 0 Å². The summed E-state index contributed by atoms with van der Waals surface area (Å²) in [4.78, 5) is 45.9. The summed E-state index contributed by atoms with van der Waals surface area (Å²) in [6, 6.07) is 0. The van der Waals surface area contributed by atoms with Crippen molar-refractivity contribution in [2.75, 3.05) is 0 Å². The van der Waals surface area contributed by atoms with Crippen molar-refractivity contribution < 1.29 is 50.9 Å². The van der Waals surface area contributed by atoms with Gasteiger partial charge in [-0.25, -0.2) is 4.98 Å². The number of nitrogens with zero attached hydrogens (tertiary/aromatic N) is 2. The Hall–Kier alpha value is -0.0105. The molecule has 1 aromatic rings. The molecule has 17 heavy (non-hydrogen) atoms. The van der Waals surface area contributed by atoms with Gasteiger partial charge in [0.2, 0.25) is 0 Å². The molecule has 0 aliphatic carbocycles. The summed E-state index contributed by atoms with van der Waals surface area (Å²) in [5, 5.41) is 6.37. The minimum absolute atomic E-state index is 0. The van der Waals surface area contributed by atoms with Crippen molar-refractivity contribution >= 4 is 15.2 Å². The first-order chi connectivity index (χ1) is 7.14. The first-order valence-corrected chi connectivity index (χ1v) is 7.05. The number of aromatic nitrogens is 2. The van der Waals surface area contributed by atoms with E-state index in [9.17, 15) is 33.8 Å². The molecule has 0 bridgehead atoms. The van der Waals surface area contributed by atoms with E-state index in [0.29, 0.717) is 4.57 Å². The van der Waals surface area contributed by atoms with E-state index >= 15 is 0 Å². The van der Waals surface area contributed by atoms with Gasteiger partial charge in [-0.3, -0.25) is 0 Å². The molecule has 0 radical (unpaired) electrons. The Morgan fingerprint density at radius 3 is 1.94 bits per heavy atom. The fraction of sp³-hybridized carbons (Fsp3) is 0.400. The summed E-state index contributed by atoms with van der Waals surface area (Å²) in [6.45, 7) is 0. The van der Waals surface area contributed by atoms with Crippen LogP contribution < -0.4 is 19.6 Å². The van der Waals surface area contributed by atoms with Gasteiger partial charge in [0, 0.05) is 12.4 Å². The van der Waals surface area contributed by atoms with E-state index in [1.807, 2.05) is 0 Å². The second kappa shape index (κ2) is 5.75. The van der Waals surface area contributed by atoms with Crippen molar-refractivity contribution in [3.63, 3.8) is 0 Å². The van der Waals surface area contributed by atoms with Crippen LogP contribution in [0.25, 0.3) is 0 Å². The van der Waals surface area contributed by atoms with Gasteiger partial charge >= 0.3 is 17.1 Å². The SMILES string of the molecule is O=P([O-])([O-])C(C(O)n1ccnc1)P(=O)([O-])[O-].[Fe+4]. The van der Waals surface area contributed by atoms with Crippen LogP contribution in [0.2, 0.25) is 0 Å². The molecule has 0 amide bonds. The van der Waals surface area contributed by atoms with Gasteiger partial charge in [-0.1, -0.05) is 15.2 Å². The molecule has 1 aromatic heterocycles. The summed E-state index contributed by atoms with van der Waals surface area (Å²) < 4.78 is 21.9. The third kappa shape index (κ3) is 4.30. The van der Waals surface area contributed by atoms with E-state index in [2.05, 4.69) is 4.98 Å². The van der Waals surface area contributed by atoms with E-state index in [-0.39, 0.29) is 17.1 Å². The Morgan fingerprint density at radius 2 is 1.65 bits per heavy atom. The topological polar surface area (TPSA) is 164 Å². The number of imidazole rings is 1. The maximum Gasteiger partial charge on any atom is 4.00 e. The van der Waals surface area contributed by atoms with Crippen molar-refractivity contribution in [1.29, 1.82) is 0 Å². The largest absolute Gasteiger partial charge is 4.00 e. The zero-order valence-corrected chi connectivity index (χ0v) is 10.8. The molecule has 1 N–H and O–H groups in total. The summed E-state index contributed by atoms with van der Waals surface area (Å²) in [5.74, 6) is 0. The fourth-order valence-electron chi connectivity index (χ4n) is 1.08. The smallest absolute Gasteiger partial charge is 0.810 e. The molecule has 0 saturated carbocycles. The molecule has 12 heteroatoms. The van der Waals surface area contributed by atoms with Crippen LogP contribution in [-0.2, 0) is 26.2 Å². The second-order valence-corrected chi connectivity index (χ2v) is 6.60. The third-order valence-electron chi connectivity index (χ3n) is 1.74. The Labute approximate surface area is 106 Å². The average Bonchev–Trinajstić information content (AvgIpc) is 2.48. The number of aliphatic hydroxyl groups excluding tert-OH is 1. The van der Waals surface area contributed by atoms with Gasteiger partial charge in [-0.2, -0.15) is 0 Å². The predicted molar refractivity (Wildman–Crippen MR) is 42.5 cm³/mol. The van der Waals surface area contributed by atoms with Crippen LogP contribution in [-0.4, -0.2) is 20.1 Å². The molecule has 1 heterocycles. The Morgan fingerprint density at radius 1 is 1.18 bits per heavy atom. The molecule has 9 nitrogen and oxygen atoms in total. The zero-order valence-electron chi connectivity index (χ0n) is 7.93. The summed E-state index contributed by atoms with van der Waals surface area (Å²) in [5.41, 5.74) is 0. The van der Waals surface area contributed by atoms with Gasteiger partial charge in [0.05, 0.1) is 11.7 Å². The molecule has 0 aromatic carbocycles. The molecule has 0 aliphatic heterocycles. The van der Waals surface area contributed by atoms with Gasteiger partial charge in [0.25, 0.3) is 0 Å². The minimum Gasteiger partial charge on any atom is -0.810 e. The van der Waals surface area contributed by atoms with Crippen molar-refractivity contribution in [2.24, 2.45) is 0 Å². The molecule has 0 saturated heterocycles. The van der Waals surface area contributed by atoms with Crippen LogP contribution in [0.1, 0.15) is 6.23 Å². The zero-order chi connectivity index (χ0) is 12.6. The van der Waals surface area contributed by atoms with E-state index in [4.69, 9.17) is 0 Å². The monoisotopic (exact) mass is 324 g/mol. The molecule has 0 fully saturated rings. The quantitative estimate of drug-likeness (QED) is 0.440. The molecular formula is C5H6FeN2O7P2. The van der Waals surface area contributed by atoms with Crippen LogP contribution in [0.5, 0.6) is 0 Å². The van der Waals surface area contributed by atoms with Crippen LogP contribution >= 0.6 is 15.2 Å². The van der Waals surface area contributed by atoms with Gasteiger partial charge in [0.15, 0.2) is 0 Å². The maximum absolute atomic E-state index is 10.6. The number of rotatable bonds is 4. The minimum atomic E-state index is -5.78. The standard InChI is InChI=1S/C5H10N2O7P2.Fe/c8-4(7-2-1-6-3-7)5(15(9,10)11)16(12,13)14;/h1-5,8H,(H2,9,10,11)(H2,12,13,14);/q;+4/p-4. The molecule has 1 rings (SSSR count). The predicted octanol–water partition coefficient (Wildman–Crippen LogP) is -3.47. The van der Waals surface area contributed by atoms with E-state index < -0.39 is 26.8 Å². The fourth-order valence-corrected chi connectivity index (χ4v) is 3.43. The van der Waals surface area contributed by atoms with E-state index in [1.165, 1.54) is 0 Å². The molecule has 0 spiro atoms. The van der Waals surface area contributed by atoms with Crippen molar-refractivity contribution in [3.8, 4) is 0 Å². The van der Waals surface area contributed by atoms with Crippen LogP contribution in [0.3, 0.4) is 0 Å². The molecule has 96 valence electrons. The normalized spacial score (nSPS) is 14.5. The van der Waals surface area contributed by atoms with Gasteiger partial charge in [0.1, 0.15) is 6.23 Å². The van der Waals surface area contributed by atoms with Crippen LogP contribution in [0.4, 0.5) is 0 Å².